The third-order valence-corrected chi connectivity index (χ3v) is 4.08. The van der Waals surface area contributed by atoms with E-state index in [1.54, 1.807) is 12.1 Å². The Morgan fingerprint density at radius 3 is 2.81 bits per heavy atom. The number of rotatable bonds is 4. The van der Waals surface area contributed by atoms with Crippen LogP contribution in [0.15, 0.2) is 36.4 Å². The van der Waals surface area contributed by atoms with Crippen molar-refractivity contribution in [2.45, 2.75) is 32.6 Å². The fourth-order valence-corrected chi connectivity index (χ4v) is 2.76. The minimum atomic E-state index is -0.214. The molecule has 0 radical (unpaired) electrons. The van der Waals surface area contributed by atoms with Crippen molar-refractivity contribution >= 4 is 0 Å². The number of ether oxygens (including phenoxy) is 1. The second-order valence-corrected chi connectivity index (χ2v) is 5.52. The maximum absolute atomic E-state index is 13.4. The molecule has 1 atom stereocenters. The van der Waals surface area contributed by atoms with Gasteiger partial charge in [-0.1, -0.05) is 24.3 Å². The molecule has 110 valence electrons. The van der Waals surface area contributed by atoms with Gasteiger partial charge in [0.15, 0.2) is 0 Å². The van der Waals surface area contributed by atoms with Gasteiger partial charge in [-0.2, -0.15) is 0 Å². The fraction of sp³-hybridized carbons (Fsp3) is 0.294. The lowest BCUT2D eigenvalue weighted by Crippen LogP contribution is -2.29. The molecule has 2 aromatic carbocycles. The Labute approximate surface area is 123 Å². The number of benzene rings is 2. The van der Waals surface area contributed by atoms with E-state index in [2.05, 4.69) is 23.6 Å². The number of hydrogen-bond acceptors (Lipinski definition) is 3. The van der Waals surface area contributed by atoms with Crippen molar-refractivity contribution in [3.63, 3.8) is 0 Å². The van der Waals surface area contributed by atoms with E-state index in [4.69, 9.17) is 10.6 Å². The number of nitrogens with two attached hydrogens (primary N) is 1. The minimum Gasteiger partial charge on any atom is -0.372 e. The van der Waals surface area contributed by atoms with Crippen LogP contribution in [0.2, 0.25) is 0 Å². The molecule has 0 bridgehead atoms. The monoisotopic (exact) mass is 286 g/mol. The molecule has 0 saturated carbocycles. The largest absolute Gasteiger partial charge is 0.372 e. The quantitative estimate of drug-likeness (QED) is 0.671. The van der Waals surface area contributed by atoms with Gasteiger partial charge in [0, 0.05) is 0 Å². The van der Waals surface area contributed by atoms with Crippen molar-refractivity contribution in [2.24, 2.45) is 5.84 Å². The van der Waals surface area contributed by atoms with Crippen LogP contribution in [-0.2, 0) is 24.4 Å². The summed E-state index contributed by atoms with van der Waals surface area (Å²) in [6.45, 7) is 3.32. The molecule has 3 rings (SSSR count). The highest BCUT2D eigenvalue weighted by Gasteiger charge is 2.17. The summed E-state index contributed by atoms with van der Waals surface area (Å²) < 4.78 is 18.9. The van der Waals surface area contributed by atoms with Crippen molar-refractivity contribution in [3.8, 4) is 0 Å². The molecule has 0 spiro atoms. The van der Waals surface area contributed by atoms with Crippen molar-refractivity contribution < 1.29 is 9.13 Å². The normalized spacial score (nSPS) is 15.0. The second kappa shape index (κ2) is 5.93. The molecule has 3 nitrogen and oxygen atoms in total. The van der Waals surface area contributed by atoms with Crippen molar-refractivity contribution in [2.75, 3.05) is 0 Å². The van der Waals surface area contributed by atoms with Gasteiger partial charge in [0.1, 0.15) is 5.82 Å². The Kier molecular flexibility index (Phi) is 4.01. The van der Waals surface area contributed by atoms with Gasteiger partial charge in [0.05, 0.1) is 19.3 Å². The molecule has 1 aliphatic rings. The van der Waals surface area contributed by atoms with Crippen LogP contribution < -0.4 is 11.3 Å². The van der Waals surface area contributed by atoms with Crippen LogP contribution in [0.4, 0.5) is 4.39 Å². The lowest BCUT2D eigenvalue weighted by Gasteiger charge is -2.18. The van der Waals surface area contributed by atoms with Crippen molar-refractivity contribution in [3.05, 3.63) is 70.0 Å². The SMILES string of the molecule is Cc1ccc(F)cc1CC(NN)c1ccc2c(c1)COC2. The van der Waals surface area contributed by atoms with Crippen LogP contribution >= 0.6 is 0 Å². The Morgan fingerprint density at radius 1 is 1.19 bits per heavy atom. The lowest BCUT2D eigenvalue weighted by atomic mass is 9.94. The summed E-state index contributed by atoms with van der Waals surface area (Å²) in [6.07, 6.45) is 0.653. The molecule has 21 heavy (non-hydrogen) atoms. The topological polar surface area (TPSA) is 47.3 Å². The predicted molar refractivity (Wildman–Crippen MR) is 79.8 cm³/mol. The summed E-state index contributed by atoms with van der Waals surface area (Å²) in [6, 6.07) is 11.1. The molecule has 2 aromatic rings. The average Bonchev–Trinajstić information content (AvgIpc) is 2.95. The molecule has 3 N–H and O–H groups in total. The third-order valence-electron chi connectivity index (χ3n) is 4.08. The van der Waals surface area contributed by atoms with Crippen molar-refractivity contribution in [1.29, 1.82) is 0 Å². The van der Waals surface area contributed by atoms with Crippen LogP contribution in [-0.4, -0.2) is 0 Å². The Morgan fingerprint density at radius 2 is 2.00 bits per heavy atom. The smallest absolute Gasteiger partial charge is 0.123 e. The number of aryl methyl sites for hydroxylation is 1. The van der Waals surface area contributed by atoms with Gasteiger partial charge in [-0.05, 0) is 53.3 Å². The highest BCUT2D eigenvalue weighted by atomic mass is 19.1. The number of nitrogens with one attached hydrogen (secondary N) is 1. The van der Waals surface area contributed by atoms with Gasteiger partial charge in [0.25, 0.3) is 0 Å². The molecule has 1 aliphatic heterocycles. The van der Waals surface area contributed by atoms with Crippen molar-refractivity contribution in [1.82, 2.24) is 5.43 Å². The average molecular weight is 286 g/mol. The summed E-state index contributed by atoms with van der Waals surface area (Å²) in [5.74, 6) is 5.50. The van der Waals surface area contributed by atoms with E-state index in [1.807, 2.05) is 6.92 Å². The predicted octanol–water partition coefficient (Wildman–Crippen LogP) is 2.91. The second-order valence-electron chi connectivity index (χ2n) is 5.52. The Bertz CT molecular complexity index is 657. The summed E-state index contributed by atoms with van der Waals surface area (Å²) in [5, 5.41) is 0. The zero-order valence-corrected chi connectivity index (χ0v) is 12.0. The van der Waals surface area contributed by atoms with Gasteiger partial charge in [-0.25, -0.2) is 4.39 Å². The van der Waals surface area contributed by atoms with E-state index < -0.39 is 0 Å². The number of fused-ring (bicyclic) bond motifs is 1. The number of hydrogen-bond donors (Lipinski definition) is 2. The zero-order chi connectivity index (χ0) is 14.8. The first-order chi connectivity index (χ1) is 10.2. The highest BCUT2D eigenvalue weighted by molar-refractivity contribution is 5.36. The Balaban J connectivity index is 1.86. The van der Waals surface area contributed by atoms with E-state index in [-0.39, 0.29) is 11.9 Å². The molecule has 0 fully saturated rings. The van der Waals surface area contributed by atoms with Crippen LogP contribution in [0.1, 0.15) is 33.9 Å². The summed E-state index contributed by atoms with van der Waals surface area (Å²) >= 11 is 0. The van der Waals surface area contributed by atoms with Gasteiger partial charge in [-0.3, -0.25) is 11.3 Å². The van der Waals surface area contributed by atoms with Crippen LogP contribution in [0.3, 0.4) is 0 Å². The standard InChI is InChI=1S/C17H19FN2O/c1-11-2-5-16(18)7-14(11)8-17(20-19)12-3-4-13-9-21-10-15(13)6-12/h2-7,17,20H,8-10,19H2,1H3. The Hall–Kier alpha value is -1.75. The number of halogens is 1. The van der Waals surface area contributed by atoms with Gasteiger partial charge in [-0.15, -0.1) is 0 Å². The molecule has 1 heterocycles. The molecule has 0 aliphatic carbocycles. The van der Waals surface area contributed by atoms with E-state index in [1.165, 1.54) is 17.2 Å². The molecule has 0 saturated heterocycles. The molecule has 1 unspecified atom stereocenters. The lowest BCUT2D eigenvalue weighted by molar-refractivity contribution is 0.134. The van der Waals surface area contributed by atoms with E-state index in [0.717, 1.165) is 16.7 Å². The number of hydrazine groups is 1. The van der Waals surface area contributed by atoms with Gasteiger partial charge < -0.3 is 4.74 Å². The van der Waals surface area contributed by atoms with Crippen LogP contribution in [0.5, 0.6) is 0 Å². The minimum absolute atomic E-state index is 0.0450. The summed E-state index contributed by atoms with van der Waals surface area (Å²) in [5.41, 5.74) is 8.43. The molecular weight excluding hydrogens is 267 g/mol. The molecule has 0 aromatic heterocycles. The van der Waals surface area contributed by atoms with Crippen LogP contribution in [0.25, 0.3) is 0 Å². The summed E-state index contributed by atoms with van der Waals surface area (Å²) in [7, 11) is 0. The zero-order valence-electron chi connectivity index (χ0n) is 12.0. The summed E-state index contributed by atoms with van der Waals surface area (Å²) in [4.78, 5) is 0. The van der Waals surface area contributed by atoms with Gasteiger partial charge >= 0.3 is 0 Å². The first-order valence-corrected chi connectivity index (χ1v) is 7.08. The van der Waals surface area contributed by atoms with E-state index in [9.17, 15) is 4.39 Å². The van der Waals surface area contributed by atoms with Crippen LogP contribution in [0, 0.1) is 12.7 Å². The third kappa shape index (κ3) is 2.97. The first kappa shape index (κ1) is 14.2. The molecular formula is C17H19FN2O. The molecule has 4 heteroatoms. The maximum atomic E-state index is 13.4. The highest BCUT2D eigenvalue weighted by Crippen LogP contribution is 2.26. The fourth-order valence-electron chi connectivity index (χ4n) is 2.76. The van der Waals surface area contributed by atoms with E-state index in [0.29, 0.717) is 19.6 Å². The maximum Gasteiger partial charge on any atom is 0.123 e. The first-order valence-electron chi connectivity index (χ1n) is 7.08. The van der Waals surface area contributed by atoms with Gasteiger partial charge in [0.2, 0.25) is 0 Å². The van der Waals surface area contributed by atoms with E-state index >= 15 is 0 Å². The molecule has 0 amide bonds.